The molecule has 5 N–H and O–H groups in total. The van der Waals surface area contributed by atoms with Gasteiger partial charge in [-0.2, -0.15) is 9.98 Å². The van der Waals surface area contributed by atoms with E-state index in [4.69, 9.17) is 11.5 Å². The van der Waals surface area contributed by atoms with Gasteiger partial charge in [-0.1, -0.05) is 0 Å². The second-order valence-electron chi connectivity index (χ2n) is 4.02. The highest BCUT2D eigenvalue weighted by Crippen LogP contribution is 2.25. The van der Waals surface area contributed by atoms with Crippen LogP contribution in [0.1, 0.15) is 12.8 Å². The number of nitro groups is 1. The fourth-order valence-corrected chi connectivity index (χ4v) is 1.69. The van der Waals surface area contributed by atoms with Crippen LogP contribution in [0.15, 0.2) is 9.98 Å². The maximum atomic E-state index is 10.9. The summed E-state index contributed by atoms with van der Waals surface area (Å²) in [6, 6.07) is 0. The fraction of sp³-hybridized carbons (Fsp3) is 0.778. The van der Waals surface area contributed by atoms with Gasteiger partial charge in [0.1, 0.15) is 0 Å². The summed E-state index contributed by atoms with van der Waals surface area (Å²) in [5.41, 5.74) is 10.9. The van der Waals surface area contributed by atoms with Gasteiger partial charge in [0.2, 0.25) is 0 Å². The zero-order chi connectivity index (χ0) is 12.9. The Labute approximate surface area is 98.6 Å². The molecule has 8 nitrogen and oxygen atoms in total. The highest BCUT2D eigenvalue weighted by atomic mass is 16.6. The first-order chi connectivity index (χ1) is 8.04. The average Bonchev–Trinajstić information content (AvgIpc) is 2.75. The first-order valence-corrected chi connectivity index (χ1v) is 5.36. The lowest BCUT2D eigenvalue weighted by molar-refractivity contribution is -0.568. The molecule has 0 spiro atoms. The lowest BCUT2D eigenvalue weighted by Gasteiger charge is -2.20. The van der Waals surface area contributed by atoms with Crippen molar-refractivity contribution < 1.29 is 10.0 Å². The quantitative estimate of drug-likeness (QED) is 0.378. The van der Waals surface area contributed by atoms with E-state index in [1.807, 2.05) is 0 Å². The van der Waals surface area contributed by atoms with E-state index in [9.17, 15) is 15.2 Å². The third kappa shape index (κ3) is 3.29. The first kappa shape index (κ1) is 13.7. The minimum atomic E-state index is -1.77. The van der Waals surface area contributed by atoms with E-state index >= 15 is 0 Å². The molecule has 0 aromatic rings. The van der Waals surface area contributed by atoms with Gasteiger partial charge in [0.05, 0.1) is 17.4 Å². The van der Waals surface area contributed by atoms with Crippen molar-refractivity contribution in [3.63, 3.8) is 0 Å². The van der Waals surface area contributed by atoms with Crippen LogP contribution in [-0.2, 0) is 0 Å². The predicted octanol–water partition coefficient (Wildman–Crippen LogP) is -1.25. The molecule has 0 aromatic carbocycles. The molecule has 96 valence electrons. The van der Waals surface area contributed by atoms with Crippen LogP contribution in [0.3, 0.4) is 0 Å². The number of hydrogen-bond donors (Lipinski definition) is 3. The molecule has 0 saturated heterocycles. The normalized spacial score (nSPS) is 18.8. The Morgan fingerprint density at radius 2 is 1.88 bits per heavy atom. The van der Waals surface area contributed by atoms with Crippen LogP contribution in [0.25, 0.3) is 0 Å². The molecule has 1 heterocycles. The van der Waals surface area contributed by atoms with E-state index in [1.54, 1.807) is 0 Å². The number of rotatable bonds is 7. The van der Waals surface area contributed by atoms with Crippen LogP contribution in [0.5, 0.6) is 0 Å². The van der Waals surface area contributed by atoms with E-state index < -0.39 is 16.8 Å². The van der Waals surface area contributed by atoms with Gasteiger partial charge in [0.15, 0.2) is 0 Å². The highest BCUT2D eigenvalue weighted by Gasteiger charge is 2.45. The van der Waals surface area contributed by atoms with Crippen molar-refractivity contribution in [2.45, 2.75) is 24.7 Å². The smallest absolute Gasteiger partial charge is 0.393 e. The number of aliphatic imine (C=N–C) groups is 2. The topological polar surface area (TPSA) is 140 Å². The molecule has 0 radical (unpaired) electrons. The van der Waals surface area contributed by atoms with E-state index in [2.05, 4.69) is 9.98 Å². The zero-order valence-electron chi connectivity index (χ0n) is 9.40. The van der Waals surface area contributed by atoms with E-state index in [-0.39, 0.29) is 12.3 Å². The molecule has 1 rings (SSSR count). The van der Waals surface area contributed by atoms with Crippen LogP contribution < -0.4 is 11.5 Å². The van der Waals surface area contributed by atoms with Crippen molar-refractivity contribution >= 4 is 12.4 Å². The lowest BCUT2D eigenvalue weighted by atomic mass is 9.98. The van der Waals surface area contributed by atoms with Gasteiger partial charge in [-0.15, -0.1) is 0 Å². The second kappa shape index (κ2) is 5.80. The zero-order valence-corrected chi connectivity index (χ0v) is 9.40. The molecule has 1 atom stereocenters. The van der Waals surface area contributed by atoms with Crippen molar-refractivity contribution in [3.8, 4) is 0 Å². The maximum absolute atomic E-state index is 10.9. The van der Waals surface area contributed by atoms with Crippen molar-refractivity contribution in [1.29, 1.82) is 0 Å². The Kier molecular flexibility index (Phi) is 4.67. The van der Waals surface area contributed by atoms with Gasteiger partial charge in [-0.05, 0) is 25.4 Å². The third-order valence-corrected chi connectivity index (χ3v) is 2.70. The molecule has 1 unspecified atom stereocenters. The van der Waals surface area contributed by atoms with E-state index in [1.165, 1.54) is 12.4 Å². The second-order valence-corrected chi connectivity index (χ2v) is 4.02. The number of nitrogens with zero attached hydrogens (tertiary/aromatic N) is 3. The van der Waals surface area contributed by atoms with Crippen LogP contribution >= 0.6 is 0 Å². The molecule has 0 aliphatic carbocycles. The molecule has 1 aliphatic heterocycles. The molecule has 0 amide bonds. The lowest BCUT2D eigenvalue weighted by Crippen LogP contribution is -2.38. The summed E-state index contributed by atoms with van der Waals surface area (Å²) >= 11 is 0. The third-order valence-electron chi connectivity index (χ3n) is 2.70. The van der Waals surface area contributed by atoms with Crippen LogP contribution in [0.4, 0.5) is 0 Å². The van der Waals surface area contributed by atoms with Gasteiger partial charge < -0.3 is 16.6 Å². The highest BCUT2D eigenvalue weighted by molar-refractivity contribution is 6.17. The summed E-state index contributed by atoms with van der Waals surface area (Å²) in [6.45, 7) is 0.678. The summed E-state index contributed by atoms with van der Waals surface area (Å²) in [4.78, 5) is 17.7. The molecule has 1 aliphatic rings. The molecule has 0 aromatic heterocycles. The van der Waals surface area contributed by atoms with Gasteiger partial charge in [0.25, 0.3) is 0 Å². The maximum Gasteiger partial charge on any atom is 0.414 e. The Morgan fingerprint density at radius 1 is 1.35 bits per heavy atom. The molecule has 0 bridgehead atoms. The summed E-state index contributed by atoms with van der Waals surface area (Å²) < 4.78 is 0. The number of hydrogen-bond acceptors (Lipinski definition) is 7. The summed E-state index contributed by atoms with van der Waals surface area (Å²) in [5, 5.41) is 20.7. The van der Waals surface area contributed by atoms with Crippen molar-refractivity contribution in [2.75, 3.05) is 13.1 Å². The largest absolute Gasteiger partial charge is 0.414 e. The van der Waals surface area contributed by atoms with Crippen LogP contribution in [0.2, 0.25) is 0 Å². The number of aliphatic hydroxyl groups excluding tert-OH is 1. The molecule has 8 heteroatoms. The van der Waals surface area contributed by atoms with Gasteiger partial charge in [-0.3, -0.25) is 10.1 Å². The molecular weight excluding hydrogens is 226 g/mol. The molecule has 0 fully saturated rings. The molecule has 17 heavy (non-hydrogen) atoms. The van der Waals surface area contributed by atoms with E-state index in [0.29, 0.717) is 19.5 Å². The Bertz CT molecular complexity index is 315. The average molecular weight is 243 g/mol. The Morgan fingerprint density at radius 3 is 2.29 bits per heavy atom. The first-order valence-electron chi connectivity index (χ1n) is 5.36. The summed E-state index contributed by atoms with van der Waals surface area (Å²) in [7, 11) is 0. The van der Waals surface area contributed by atoms with Crippen molar-refractivity contribution in [2.24, 2.45) is 27.4 Å². The SMILES string of the molecule is NCC(CN)CC(O)CC1([N+](=O)[O-])N=CC=N1. The monoisotopic (exact) mass is 243 g/mol. The van der Waals surface area contributed by atoms with Gasteiger partial charge in [-0.25, -0.2) is 0 Å². The standard InChI is InChI=1S/C9H17N5O3/c10-5-7(6-11)3-8(15)4-9(14(16)17)12-1-2-13-9/h1-2,7-8,15H,3-6,10-11H2. The summed E-state index contributed by atoms with van der Waals surface area (Å²) in [6.07, 6.45) is 1.78. The Balaban J connectivity index is 2.60. The summed E-state index contributed by atoms with van der Waals surface area (Å²) in [5.74, 6) is -1.82. The number of nitrogens with two attached hydrogens (primary N) is 2. The van der Waals surface area contributed by atoms with E-state index in [0.717, 1.165) is 0 Å². The van der Waals surface area contributed by atoms with Crippen molar-refractivity contribution in [3.05, 3.63) is 10.1 Å². The Hall–Kier alpha value is -1.38. The van der Waals surface area contributed by atoms with Crippen LogP contribution in [-0.4, -0.2) is 47.4 Å². The molecular formula is C9H17N5O3. The molecule has 0 saturated carbocycles. The number of aliphatic hydroxyl groups is 1. The fourth-order valence-electron chi connectivity index (χ4n) is 1.69. The van der Waals surface area contributed by atoms with Crippen LogP contribution in [0, 0.1) is 16.0 Å². The predicted molar refractivity (Wildman–Crippen MR) is 63.5 cm³/mol. The van der Waals surface area contributed by atoms with Crippen molar-refractivity contribution in [1.82, 2.24) is 0 Å². The van der Waals surface area contributed by atoms with Gasteiger partial charge >= 0.3 is 5.79 Å². The minimum Gasteiger partial charge on any atom is -0.393 e. The minimum absolute atomic E-state index is 0.0526. The van der Waals surface area contributed by atoms with Gasteiger partial charge in [0, 0.05) is 12.4 Å².